The molecule has 0 atom stereocenters. The second-order valence-corrected chi connectivity index (χ2v) is 7.92. The first-order chi connectivity index (χ1) is 15.9. The number of carbonyl (C=O) groups is 2. The fraction of sp³-hybridized carbons (Fsp3) is 0.0833. The van der Waals surface area contributed by atoms with Crippen molar-refractivity contribution in [3.63, 3.8) is 0 Å². The molecule has 0 aliphatic heterocycles. The van der Waals surface area contributed by atoms with Gasteiger partial charge in [-0.1, -0.05) is 41.4 Å². The largest absolute Gasteiger partial charge is 0.466 e. The van der Waals surface area contributed by atoms with E-state index >= 15 is 0 Å². The van der Waals surface area contributed by atoms with Crippen LogP contribution >= 0.6 is 23.2 Å². The van der Waals surface area contributed by atoms with Gasteiger partial charge in [-0.2, -0.15) is 0 Å². The van der Waals surface area contributed by atoms with Crippen LogP contribution in [0.2, 0.25) is 10.0 Å². The second kappa shape index (κ2) is 9.44. The molecule has 1 amide bonds. The van der Waals surface area contributed by atoms with E-state index < -0.39 is 11.9 Å². The molecule has 0 aliphatic rings. The summed E-state index contributed by atoms with van der Waals surface area (Å²) in [7, 11) is 1.31. The highest BCUT2D eigenvalue weighted by Crippen LogP contribution is 2.31. The highest BCUT2D eigenvalue weighted by atomic mass is 35.5. The van der Waals surface area contributed by atoms with Crippen LogP contribution in [0.25, 0.3) is 22.7 Å². The molecule has 33 heavy (non-hydrogen) atoms. The Morgan fingerprint density at radius 1 is 1.09 bits per heavy atom. The molecule has 0 saturated carbocycles. The van der Waals surface area contributed by atoms with Crippen molar-refractivity contribution in [3.8, 4) is 5.69 Å². The lowest BCUT2D eigenvalue weighted by molar-refractivity contribution is -0.134. The number of aromatic nitrogens is 3. The molecule has 0 aliphatic carbocycles. The first-order valence-corrected chi connectivity index (χ1v) is 10.6. The lowest BCUT2D eigenvalue weighted by Gasteiger charge is -2.14. The summed E-state index contributed by atoms with van der Waals surface area (Å²) in [6, 6.07) is 10.4. The lowest BCUT2D eigenvalue weighted by atomic mass is 10.1. The van der Waals surface area contributed by atoms with Crippen molar-refractivity contribution in [2.45, 2.75) is 6.92 Å². The molecular weight excluding hydrogens is 463 g/mol. The van der Waals surface area contributed by atoms with Crippen LogP contribution in [0.5, 0.6) is 0 Å². The number of nitrogens with one attached hydrogen (secondary N) is 1. The van der Waals surface area contributed by atoms with Gasteiger partial charge in [0, 0.05) is 23.9 Å². The van der Waals surface area contributed by atoms with Gasteiger partial charge in [-0.25, -0.2) is 9.78 Å². The van der Waals surface area contributed by atoms with Crippen molar-refractivity contribution in [2.75, 3.05) is 12.4 Å². The van der Waals surface area contributed by atoms with Gasteiger partial charge in [0.15, 0.2) is 0 Å². The molecule has 0 fully saturated rings. The number of carbonyl (C=O) groups excluding carboxylic acids is 2. The predicted molar refractivity (Wildman–Crippen MR) is 129 cm³/mol. The normalized spacial score (nSPS) is 11.2. The summed E-state index contributed by atoms with van der Waals surface area (Å²) >= 11 is 12.4. The number of halogens is 2. The van der Waals surface area contributed by atoms with E-state index in [1.165, 1.54) is 13.2 Å². The van der Waals surface area contributed by atoms with Crippen LogP contribution in [0, 0.1) is 6.92 Å². The standard InChI is InChI=1S/C24H18Cl2N4O3/c1-14-11-27-22-16(23(14)30-12-15(28-13-30)9-10-20(31)33-2)5-3-8-19(22)29-24(32)21-17(25)6-4-7-18(21)26/h3-13H,1-2H3,(H,29,32)/b10-9+. The summed E-state index contributed by atoms with van der Waals surface area (Å²) < 4.78 is 6.45. The van der Waals surface area contributed by atoms with Gasteiger partial charge in [-0.05, 0) is 36.8 Å². The minimum atomic E-state index is -0.464. The maximum absolute atomic E-state index is 12.9. The molecule has 9 heteroatoms. The van der Waals surface area contributed by atoms with Gasteiger partial charge in [0.1, 0.15) is 0 Å². The number of hydrogen-bond donors (Lipinski definition) is 1. The molecule has 2 heterocycles. The quantitative estimate of drug-likeness (QED) is 0.302. The number of rotatable bonds is 5. The van der Waals surface area contributed by atoms with Gasteiger partial charge in [0.05, 0.1) is 51.6 Å². The number of para-hydroxylation sites is 1. The molecule has 7 nitrogen and oxygen atoms in total. The number of ether oxygens (including phenoxy) is 1. The Kier molecular flexibility index (Phi) is 6.44. The summed E-state index contributed by atoms with van der Waals surface area (Å²) in [6.07, 6.45) is 8.03. The van der Waals surface area contributed by atoms with Crippen molar-refractivity contribution >= 4 is 57.7 Å². The second-order valence-electron chi connectivity index (χ2n) is 7.10. The summed E-state index contributed by atoms with van der Waals surface area (Å²) in [5, 5.41) is 4.19. The Morgan fingerprint density at radius 3 is 2.55 bits per heavy atom. The first-order valence-electron chi connectivity index (χ1n) is 9.83. The molecule has 2 aromatic heterocycles. The van der Waals surface area contributed by atoms with Gasteiger partial charge in [-0.3, -0.25) is 9.78 Å². The highest BCUT2D eigenvalue weighted by Gasteiger charge is 2.17. The van der Waals surface area contributed by atoms with E-state index in [4.69, 9.17) is 23.2 Å². The average Bonchev–Trinajstić information content (AvgIpc) is 3.25. The Hall–Kier alpha value is -3.68. The number of aryl methyl sites for hydroxylation is 1. The summed E-state index contributed by atoms with van der Waals surface area (Å²) in [4.78, 5) is 33.1. The molecule has 1 N–H and O–H groups in total. The van der Waals surface area contributed by atoms with E-state index in [-0.39, 0.29) is 15.6 Å². The Labute approximate surface area is 199 Å². The summed E-state index contributed by atoms with van der Waals surface area (Å²) in [5.74, 6) is -0.894. The zero-order chi connectivity index (χ0) is 23.5. The number of pyridine rings is 1. The number of hydrogen-bond acceptors (Lipinski definition) is 5. The predicted octanol–water partition coefficient (Wildman–Crippen LogP) is 5.47. The van der Waals surface area contributed by atoms with Crippen LogP contribution in [-0.2, 0) is 9.53 Å². The van der Waals surface area contributed by atoms with E-state index in [0.717, 1.165) is 16.6 Å². The van der Waals surface area contributed by atoms with Crippen molar-refractivity contribution < 1.29 is 14.3 Å². The van der Waals surface area contributed by atoms with E-state index in [2.05, 4.69) is 20.0 Å². The molecular formula is C24H18Cl2N4O3. The number of fused-ring (bicyclic) bond motifs is 1. The average molecular weight is 481 g/mol. The Bertz CT molecular complexity index is 1390. The number of amides is 1. The lowest BCUT2D eigenvalue weighted by Crippen LogP contribution is -2.14. The van der Waals surface area contributed by atoms with E-state index in [9.17, 15) is 9.59 Å². The van der Waals surface area contributed by atoms with Crippen LogP contribution in [0.15, 0.2) is 61.2 Å². The third-order valence-electron chi connectivity index (χ3n) is 4.94. The highest BCUT2D eigenvalue weighted by molar-refractivity contribution is 6.40. The van der Waals surface area contributed by atoms with E-state index in [0.29, 0.717) is 16.9 Å². The van der Waals surface area contributed by atoms with Crippen LogP contribution < -0.4 is 5.32 Å². The fourth-order valence-electron chi connectivity index (χ4n) is 3.42. The van der Waals surface area contributed by atoms with Crippen LogP contribution in [0.1, 0.15) is 21.6 Å². The van der Waals surface area contributed by atoms with Crippen molar-refractivity contribution in [3.05, 3.63) is 88.1 Å². The first kappa shape index (κ1) is 22.5. The van der Waals surface area contributed by atoms with Crippen molar-refractivity contribution in [1.29, 1.82) is 0 Å². The maximum atomic E-state index is 12.9. The number of methoxy groups -OCH3 is 1. The van der Waals surface area contributed by atoms with E-state index in [1.807, 2.05) is 23.6 Å². The topological polar surface area (TPSA) is 86.1 Å². The van der Waals surface area contributed by atoms with E-state index in [1.54, 1.807) is 49.1 Å². The van der Waals surface area contributed by atoms with Gasteiger partial charge in [0.25, 0.3) is 5.91 Å². The van der Waals surface area contributed by atoms with Crippen molar-refractivity contribution in [1.82, 2.24) is 14.5 Å². The third kappa shape index (κ3) is 4.60. The monoisotopic (exact) mass is 480 g/mol. The zero-order valence-corrected chi connectivity index (χ0v) is 19.2. The van der Waals surface area contributed by atoms with Gasteiger partial charge >= 0.3 is 5.97 Å². The number of benzene rings is 2. The molecule has 2 aromatic carbocycles. The minimum absolute atomic E-state index is 0.196. The fourth-order valence-corrected chi connectivity index (χ4v) is 3.99. The van der Waals surface area contributed by atoms with Gasteiger partial charge in [0.2, 0.25) is 0 Å². The Morgan fingerprint density at radius 2 is 1.82 bits per heavy atom. The SMILES string of the molecule is COC(=O)/C=C/c1cn(-c2c(C)cnc3c(NC(=O)c4c(Cl)cccc4Cl)cccc23)cn1. The van der Waals surface area contributed by atoms with Crippen LogP contribution in [0.4, 0.5) is 5.69 Å². The van der Waals surface area contributed by atoms with Crippen LogP contribution in [0.3, 0.4) is 0 Å². The maximum Gasteiger partial charge on any atom is 0.330 e. The smallest absolute Gasteiger partial charge is 0.330 e. The number of esters is 1. The molecule has 0 saturated heterocycles. The zero-order valence-electron chi connectivity index (χ0n) is 17.7. The van der Waals surface area contributed by atoms with Crippen LogP contribution in [-0.4, -0.2) is 33.5 Å². The van der Waals surface area contributed by atoms with Gasteiger partial charge < -0.3 is 14.6 Å². The Balaban J connectivity index is 1.74. The molecule has 166 valence electrons. The molecule has 4 rings (SSSR count). The van der Waals surface area contributed by atoms with Crippen molar-refractivity contribution in [2.24, 2.45) is 0 Å². The molecule has 4 aromatic rings. The minimum Gasteiger partial charge on any atom is -0.466 e. The molecule has 0 spiro atoms. The number of imidazole rings is 1. The molecule has 0 radical (unpaired) electrons. The molecule has 0 bridgehead atoms. The molecule has 0 unspecified atom stereocenters. The third-order valence-corrected chi connectivity index (χ3v) is 5.57. The number of nitrogens with zero attached hydrogens (tertiary/aromatic N) is 3. The number of anilines is 1. The summed E-state index contributed by atoms with van der Waals surface area (Å²) in [5.41, 5.74) is 3.64. The summed E-state index contributed by atoms with van der Waals surface area (Å²) in [6.45, 7) is 1.93. The van der Waals surface area contributed by atoms with Gasteiger partial charge in [-0.15, -0.1) is 0 Å².